The molecular weight excluding hydrogens is 362 g/mol. The molecule has 3 aromatic rings. The van der Waals surface area contributed by atoms with Gasteiger partial charge in [-0.3, -0.25) is 0 Å². The lowest BCUT2D eigenvalue weighted by Crippen LogP contribution is -2.19. The molecule has 0 radical (unpaired) electrons. The zero-order chi connectivity index (χ0) is 18.9. The fraction of sp³-hybridized carbons (Fsp3) is 0.200. The van der Waals surface area contributed by atoms with E-state index in [-0.39, 0.29) is 6.10 Å². The van der Waals surface area contributed by atoms with Crippen molar-refractivity contribution in [3.63, 3.8) is 0 Å². The molecule has 0 saturated carbocycles. The second-order valence-corrected chi connectivity index (χ2v) is 8.44. The molecule has 5 rings (SSSR count). The van der Waals surface area contributed by atoms with Crippen molar-refractivity contribution in [2.45, 2.75) is 18.9 Å². The Hall–Kier alpha value is -2.62. The first kappa shape index (κ1) is 17.5. The van der Waals surface area contributed by atoms with Crippen LogP contribution in [0, 0.1) is 5.92 Å². The molecule has 28 heavy (non-hydrogen) atoms. The van der Waals surface area contributed by atoms with Crippen LogP contribution in [0.25, 0.3) is 20.2 Å². The average Bonchev–Trinajstić information content (AvgIpc) is 3.12. The quantitative estimate of drug-likeness (QED) is 0.531. The van der Waals surface area contributed by atoms with Gasteiger partial charge in [0.15, 0.2) is 0 Å². The van der Waals surface area contributed by atoms with E-state index >= 15 is 0 Å². The van der Waals surface area contributed by atoms with Crippen LogP contribution < -0.4 is 5.32 Å². The van der Waals surface area contributed by atoms with Crippen LogP contribution in [0.3, 0.4) is 0 Å². The van der Waals surface area contributed by atoms with Gasteiger partial charge in [0, 0.05) is 44.6 Å². The highest BCUT2D eigenvalue weighted by atomic mass is 32.1. The van der Waals surface area contributed by atoms with Crippen LogP contribution in [0.15, 0.2) is 90.2 Å². The minimum absolute atomic E-state index is 0.181. The molecule has 3 heteroatoms. The average molecular weight is 386 g/mol. The van der Waals surface area contributed by atoms with Crippen LogP contribution in [0.4, 0.5) is 5.69 Å². The lowest BCUT2D eigenvalue weighted by atomic mass is 9.85. The summed E-state index contributed by atoms with van der Waals surface area (Å²) in [6.07, 6.45) is 15.5. The number of methoxy groups -OCH3 is 1. The SMILES string of the molecule is COC1C=C(C2CC=CC=C2Nc2ccc3sc4ccccc4c3c2)C=CC1. The van der Waals surface area contributed by atoms with E-state index in [1.165, 1.54) is 31.4 Å². The van der Waals surface area contributed by atoms with Crippen LogP contribution >= 0.6 is 11.3 Å². The van der Waals surface area contributed by atoms with E-state index in [9.17, 15) is 0 Å². The maximum atomic E-state index is 5.56. The number of anilines is 1. The fourth-order valence-corrected chi connectivity index (χ4v) is 5.20. The lowest BCUT2D eigenvalue weighted by Gasteiger charge is -2.27. The van der Waals surface area contributed by atoms with Crippen LogP contribution in [0.5, 0.6) is 0 Å². The molecule has 2 aliphatic carbocycles. The molecule has 2 aliphatic rings. The molecule has 1 heterocycles. The number of hydrogen-bond donors (Lipinski definition) is 1. The minimum Gasteiger partial charge on any atom is -0.377 e. The highest BCUT2D eigenvalue weighted by Gasteiger charge is 2.21. The molecule has 0 spiro atoms. The molecule has 1 aromatic heterocycles. The number of fused-ring (bicyclic) bond motifs is 3. The molecule has 0 amide bonds. The predicted molar refractivity (Wildman–Crippen MR) is 121 cm³/mol. The minimum atomic E-state index is 0.181. The maximum Gasteiger partial charge on any atom is 0.0792 e. The maximum absolute atomic E-state index is 5.56. The van der Waals surface area contributed by atoms with Crippen molar-refractivity contribution in [2.75, 3.05) is 12.4 Å². The number of rotatable bonds is 4. The second-order valence-electron chi connectivity index (χ2n) is 7.35. The summed E-state index contributed by atoms with van der Waals surface area (Å²) >= 11 is 1.86. The van der Waals surface area contributed by atoms with E-state index in [1.807, 2.05) is 11.3 Å². The first-order valence-corrected chi connectivity index (χ1v) is 10.6. The topological polar surface area (TPSA) is 21.3 Å². The van der Waals surface area contributed by atoms with Crippen LogP contribution in [0.1, 0.15) is 12.8 Å². The monoisotopic (exact) mass is 385 g/mol. The first-order chi connectivity index (χ1) is 13.8. The summed E-state index contributed by atoms with van der Waals surface area (Å²) < 4.78 is 8.24. The van der Waals surface area contributed by atoms with Gasteiger partial charge in [0.25, 0.3) is 0 Å². The molecule has 0 bridgehead atoms. The second kappa shape index (κ2) is 7.42. The Bertz CT molecular complexity index is 1150. The molecule has 0 fully saturated rings. The van der Waals surface area contributed by atoms with Crippen molar-refractivity contribution >= 4 is 37.2 Å². The molecular formula is C25H23NOS. The summed E-state index contributed by atoms with van der Waals surface area (Å²) in [5, 5.41) is 6.37. The Balaban J connectivity index is 1.47. The Morgan fingerprint density at radius 2 is 1.89 bits per heavy atom. The Labute approximate surface area is 169 Å². The van der Waals surface area contributed by atoms with Crippen molar-refractivity contribution in [1.82, 2.24) is 0 Å². The third kappa shape index (κ3) is 3.21. The van der Waals surface area contributed by atoms with Crippen molar-refractivity contribution in [3.05, 3.63) is 90.2 Å². The summed E-state index contributed by atoms with van der Waals surface area (Å²) in [7, 11) is 1.79. The number of hydrogen-bond acceptors (Lipinski definition) is 3. The van der Waals surface area contributed by atoms with Gasteiger partial charge in [-0.05, 0) is 48.8 Å². The highest BCUT2D eigenvalue weighted by Crippen LogP contribution is 2.37. The molecule has 0 saturated heterocycles. The van der Waals surface area contributed by atoms with Crippen LogP contribution in [-0.2, 0) is 4.74 Å². The van der Waals surface area contributed by atoms with Gasteiger partial charge >= 0.3 is 0 Å². The number of nitrogens with one attached hydrogen (secondary N) is 1. The molecule has 2 aromatic carbocycles. The smallest absolute Gasteiger partial charge is 0.0792 e. The van der Waals surface area contributed by atoms with Gasteiger partial charge < -0.3 is 10.1 Å². The van der Waals surface area contributed by atoms with Gasteiger partial charge in [-0.15, -0.1) is 11.3 Å². The van der Waals surface area contributed by atoms with Gasteiger partial charge in [0.2, 0.25) is 0 Å². The van der Waals surface area contributed by atoms with Gasteiger partial charge in [-0.1, -0.05) is 48.6 Å². The Kier molecular flexibility index (Phi) is 4.63. The van der Waals surface area contributed by atoms with Crippen molar-refractivity contribution in [1.29, 1.82) is 0 Å². The zero-order valence-electron chi connectivity index (χ0n) is 15.9. The van der Waals surface area contributed by atoms with E-state index in [0.717, 1.165) is 18.5 Å². The van der Waals surface area contributed by atoms with Crippen molar-refractivity contribution in [3.8, 4) is 0 Å². The zero-order valence-corrected chi connectivity index (χ0v) is 16.7. The van der Waals surface area contributed by atoms with Gasteiger partial charge in [-0.25, -0.2) is 0 Å². The molecule has 1 N–H and O–H groups in total. The van der Waals surface area contributed by atoms with Crippen molar-refractivity contribution < 1.29 is 4.74 Å². The first-order valence-electron chi connectivity index (χ1n) is 9.78. The Morgan fingerprint density at radius 1 is 1.00 bits per heavy atom. The summed E-state index contributed by atoms with van der Waals surface area (Å²) in [5.74, 6) is 0.342. The fourth-order valence-electron chi connectivity index (χ4n) is 4.12. The van der Waals surface area contributed by atoms with Gasteiger partial charge in [0.1, 0.15) is 0 Å². The van der Waals surface area contributed by atoms with Crippen LogP contribution in [-0.4, -0.2) is 13.2 Å². The molecule has 0 aliphatic heterocycles. The van der Waals surface area contributed by atoms with E-state index in [2.05, 4.69) is 84.2 Å². The molecule has 2 unspecified atom stereocenters. The predicted octanol–water partition coefficient (Wildman–Crippen LogP) is 6.83. The van der Waals surface area contributed by atoms with E-state index in [4.69, 9.17) is 4.74 Å². The Morgan fingerprint density at radius 3 is 2.82 bits per heavy atom. The summed E-state index contributed by atoms with van der Waals surface area (Å²) in [6.45, 7) is 0. The number of ether oxygens (including phenoxy) is 1. The van der Waals surface area contributed by atoms with E-state index in [0.29, 0.717) is 5.92 Å². The third-order valence-electron chi connectivity index (χ3n) is 5.59. The summed E-state index contributed by atoms with van der Waals surface area (Å²) in [6, 6.07) is 15.4. The number of allylic oxidation sites excluding steroid dienone is 5. The summed E-state index contributed by atoms with van der Waals surface area (Å²) in [4.78, 5) is 0. The highest BCUT2D eigenvalue weighted by molar-refractivity contribution is 7.25. The third-order valence-corrected chi connectivity index (χ3v) is 6.74. The normalized spacial score (nSPS) is 21.8. The van der Waals surface area contributed by atoms with Gasteiger partial charge in [0.05, 0.1) is 6.10 Å². The standard InChI is InChI=1S/C25H23NOS/c1-27-19-8-6-7-17(15-19)20-9-2-4-11-23(20)26-18-13-14-25-22(16-18)21-10-3-5-12-24(21)28-25/h2-7,10-16,19-20,26H,8-9H2,1H3. The number of thiophene rings is 1. The van der Waals surface area contributed by atoms with E-state index in [1.54, 1.807) is 7.11 Å². The molecule has 2 atom stereocenters. The summed E-state index contributed by atoms with van der Waals surface area (Å²) in [5.41, 5.74) is 3.73. The van der Waals surface area contributed by atoms with Gasteiger partial charge in [-0.2, -0.15) is 0 Å². The number of benzene rings is 2. The molecule has 2 nitrogen and oxygen atoms in total. The van der Waals surface area contributed by atoms with Crippen molar-refractivity contribution in [2.24, 2.45) is 5.92 Å². The lowest BCUT2D eigenvalue weighted by molar-refractivity contribution is 0.141. The largest absolute Gasteiger partial charge is 0.377 e. The molecule has 140 valence electrons. The van der Waals surface area contributed by atoms with E-state index < -0.39 is 0 Å². The van der Waals surface area contributed by atoms with Crippen LogP contribution in [0.2, 0.25) is 0 Å².